The lowest BCUT2D eigenvalue weighted by atomic mass is 10.1. The van der Waals surface area contributed by atoms with Crippen molar-refractivity contribution >= 4 is 15.9 Å². The lowest BCUT2D eigenvalue weighted by molar-refractivity contribution is 0.202. The third-order valence-corrected chi connectivity index (χ3v) is 3.67. The van der Waals surface area contributed by atoms with Crippen molar-refractivity contribution < 1.29 is 9.47 Å². The molecule has 24 heavy (non-hydrogen) atoms. The molecule has 0 saturated carbocycles. The molecule has 0 fully saturated rings. The van der Waals surface area contributed by atoms with Crippen molar-refractivity contribution in [2.24, 2.45) is 0 Å². The Hall–Kier alpha value is -2.54. The highest BCUT2D eigenvalue weighted by Gasteiger charge is 2.08. The van der Waals surface area contributed by atoms with Gasteiger partial charge in [0.2, 0.25) is 5.88 Å². The molecule has 3 aromatic rings. The topological polar surface area (TPSA) is 70.0 Å². The van der Waals surface area contributed by atoms with Gasteiger partial charge in [0.25, 0.3) is 0 Å². The van der Waals surface area contributed by atoms with Gasteiger partial charge in [-0.1, -0.05) is 28.1 Å². The van der Waals surface area contributed by atoms with Crippen LogP contribution in [0.1, 0.15) is 5.56 Å². The number of hydrogen-bond acceptors (Lipinski definition) is 6. The summed E-state index contributed by atoms with van der Waals surface area (Å²) >= 11 is 3.42. The molecule has 7 heteroatoms. The van der Waals surface area contributed by atoms with Crippen LogP contribution in [0.15, 0.2) is 53.7 Å². The van der Waals surface area contributed by atoms with Crippen LogP contribution >= 0.6 is 15.9 Å². The SMILES string of the molecule is Cc1cnc(OCCOc2ncncc2-c2ccc(Br)cc2)nc1. The molecule has 0 radical (unpaired) electrons. The van der Waals surface area contributed by atoms with Crippen molar-refractivity contribution in [3.63, 3.8) is 0 Å². The van der Waals surface area contributed by atoms with Crippen LogP contribution in [-0.4, -0.2) is 33.1 Å². The zero-order chi connectivity index (χ0) is 16.8. The van der Waals surface area contributed by atoms with Gasteiger partial charge in [-0.25, -0.2) is 19.9 Å². The molecule has 2 heterocycles. The molecule has 3 rings (SSSR count). The van der Waals surface area contributed by atoms with Gasteiger partial charge in [0.05, 0.1) is 5.56 Å². The van der Waals surface area contributed by atoms with Crippen LogP contribution < -0.4 is 9.47 Å². The smallest absolute Gasteiger partial charge is 0.316 e. The van der Waals surface area contributed by atoms with Crippen molar-refractivity contribution in [3.8, 4) is 23.0 Å². The van der Waals surface area contributed by atoms with Crippen LogP contribution in [0.3, 0.4) is 0 Å². The van der Waals surface area contributed by atoms with Gasteiger partial charge in [-0.15, -0.1) is 0 Å². The molecular formula is C17H15BrN4O2. The average molecular weight is 387 g/mol. The Kier molecular flexibility index (Phi) is 5.32. The zero-order valence-corrected chi connectivity index (χ0v) is 14.6. The highest BCUT2D eigenvalue weighted by Crippen LogP contribution is 2.27. The van der Waals surface area contributed by atoms with E-state index in [1.54, 1.807) is 18.6 Å². The molecule has 0 aliphatic carbocycles. The fourth-order valence-electron chi connectivity index (χ4n) is 1.99. The van der Waals surface area contributed by atoms with Crippen LogP contribution in [0.2, 0.25) is 0 Å². The lowest BCUT2D eigenvalue weighted by Crippen LogP contribution is -2.11. The van der Waals surface area contributed by atoms with Crippen LogP contribution in [-0.2, 0) is 0 Å². The molecule has 0 spiro atoms. The van der Waals surface area contributed by atoms with Crippen molar-refractivity contribution in [3.05, 3.63) is 59.2 Å². The molecule has 2 aromatic heterocycles. The predicted molar refractivity (Wildman–Crippen MR) is 92.9 cm³/mol. The molecule has 0 unspecified atom stereocenters. The molecule has 122 valence electrons. The van der Waals surface area contributed by atoms with Gasteiger partial charge in [0.15, 0.2) is 0 Å². The lowest BCUT2D eigenvalue weighted by Gasteiger charge is -2.10. The molecule has 0 N–H and O–H groups in total. The Balaban J connectivity index is 1.61. The number of benzene rings is 1. The summed E-state index contributed by atoms with van der Waals surface area (Å²) in [5.41, 5.74) is 2.80. The van der Waals surface area contributed by atoms with E-state index in [0.717, 1.165) is 21.2 Å². The van der Waals surface area contributed by atoms with Gasteiger partial charge in [-0.3, -0.25) is 0 Å². The molecule has 0 aliphatic heterocycles. The molecule has 0 amide bonds. The van der Waals surface area contributed by atoms with Gasteiger partial charge in [0, 0.05) is 23.1 Å². The molecular weight excluding hydrogens is 372 g/mol. The summed E-state index contributed by atoms with van der Waals surface area (Å²) in [6.45, 7) is 2.58. The molecule has 0 bridgehead atoms. The Bertz CT molecular complexity index is 794. The van der Waals surface area contributed by atoms with Gasteiger partial charge in [0.1, 0.15) is 19.5 Å². The third-order valence-electron chi connectivity index (χ3n) is 3.14. The second-order valence-corrected chi connectivity index (χ2v) is 5.90. The predicted octanol–water partition coefficient (Wildman–Crippen LogP) is 3.46. The fourth-order valence-corrected chi connectivity index (χ4v) is 2.25. The molecule has 0 aliphatic rings. The summed E-state index contributed by atoms with van der Waals surface area (Å²) in [5.74, 6) is 0.515. The van der Waals surface area contributed by atoms with Crippen LogP contribution in [0.25, 0.3) is 11.1 Å². The summed E-state index contributed by atoms with van der Waals surface area (Å²) in [5, 5.41) is 0. The quantitative estimate of drug-likeness (QED) is 0.604. The standard InChI is InChI=1S/C17H15BrN4O2/c1-12-8-20-17(21-9-12)24-7-6-23-16-15(10-19-11-22-16)13-2-4-14(18)5-3-13/h2-5,8-11H,6-7H2,1H3. The minimum Gasteiger partial charge on any atom is -0.474 e. The molecule has 0 saturated heterocycles. The minimum atomic E-state index is 0.326. The van der Waals surface area contributed by atoms with Gasteiger partial charge >= 0.3 is 6.01 Å². The fraction of sp³-hybridized carbons (Fsp3) is 0.176. The van der Waals surface area contributed by atoms with E-state index in [1.165, 1.54) is 6.33 Å². The van der Waals surface area contributed by atoms with E-state index in [1.807, 2.05) is 31.2 Å². The molecule has 6 nitrogen and oxygen atoms in total. The van der Waals surface area contributed by atoms with Gasteiger partial charge < -0.3 is 9.47 Å². The zero-order valence-electron chi connectivity index (χ0n) is 13.0. The monoisotopic (exact) mass is 386 g/mol. The van der Waals surface area contributed by atoms with Crippen LogP contribution in [0, 0.1) is 6.92 Å². The van der Waals surface area contributed by atoms with E-state index >= 15 is 0 Å². The summed E-state index contributed by atoms with van der Waals surface area (Å²) < 4.78 is 12.2. The van der Waals surface area contributed by atoms with Crippen LogP contribution in [0.5, 0.6) is 11.9 Å². The van der Waals surface area contributed by atoms with E-state index in [9.17, 15) is 0 Å². The number of aryl methyl sites for hydroxylation is 1. The second-order valence-electron chi connectivity index (χ2n) is 4.99. The Morgan fingerprint density at radius 3 is 2.38 bits per heavy atom. The average Bonchev–Trinajstić information content (AvgIpc) is 2.61. The number of ether oxygens (including phenoxy) is 2. The Labute approximate surface area is 148 Å². The largest absolute Gasteiger partial charge is 0.474 e. The van der Waals surface area contributed by atoms with Crippen molar-refractivity contribution in [2.45, 2.75) is 6.92 Å². The third kappa shape index (κ3) is 4.26. The Morgan fingerprint density at radius 1 is 0.917 bits per heavy atom. The molecule has 0 atom stereocenters. The maximum Gasteiger partial charge on any atom is 0.316 e. The first-order valence-electron chi connectivity index (χ1n) is 7.32. The molecule has 1 aromatic carbocycles. The first-order chi connectivity index (χ1) is 11.7. The highest BCUT2D eigenvalue weighted by molar-refractivity contribution is 9.10. The summed E-state index contributed by atoms with van der Waals surface area (Å²) in [6.07, 6.45) is 6.61. The van der Waals surface area contributed by atoms with E-state index in [2.05, 4.69) is 35.9 Å². The maximum absolute atomic E-state index is 5.72. The minimum absolute atomic E-state index is 0.326. The van der Waals surface area contributed by atoms with E-state index < -0.39 is 0 Å². The summed E-state index contributed by atoms with van der Waals surface area (Å²) in [6, 6.07) is 8.21. The van der Waals surface area contributed by atoms with E-state index in [-0.39, 0.29) is 0 Å². The van der Waals surface area contributed by atoms with Crippen molar-refractivity contribution in [1.82, 2.24) is 19.9 Å². The number of nitrogens with zero attached hydrogens (tertiary/aromatic N) is 4. The van der Waals surface area contributed by atoms with Crippen molar-refractivity contribution in [2.75, 3.05) is 13.2 Å². The first kappa shape index (κ1) is 16.3. The summed E-state index contributed by atoms with van der Waals surface area (Å²) in [4.78, 5) is 16.4. The van der Waals surface area contributed by atoms with Crippen LogP contribution in [0.4, 0.5) is 0 Å². The Morgan fingerprint density at radius 2 is 1.62 bits per heavy atom. The summed E-state index contributed by atoms with van der Waals surface area (Å²) in [7, 11) is 0. The normalized spacial score (nSPS) is 10.4. The van der Waals surface area contributed by atoms with Crippen molar-refractivity contribution in [1.29, 1.82) is 0 Å². The van der Waals surface area contributed by atoms with Gasteiger partial charge in [-0.05, 0) is 30.2 Å². The second kappa shape index (κ2) is 7.83. The maximum atomic E-state index is 5.72. The number of halogens is 1. The van der Waals surface area contributed by atoms with E-state index in [4.69, 9.17) is 9.47 Å². The van der Waals surface area contributed by atoms with E-state index in [0.29, 0.717) is 25.1 Å². The number of aromatic nitrogens is 4. The number of hydrogen-bond donors (Lipinski definition) is 0. The van der Waals surface area contributed by atoms with Gasteiger partial charge in [-0.2, -0.15) is 0 Å². The number of rotatable bonds is 6. The highest BCUT2D eigenvalue weighted by atomic mass is 79.9. The first-order valence-corrected chi connectivity index (χ1v) is 8.12.